The van der Waals surface area contributed by atoms with E-state index in [2.05, 4.69) is 35.4 Å². The number of guanidine groups is 1. The molecular weight excluding hydrogens is 548 g/mol. The van der Waals surface area contributed by atoms with E-state index in [9.17, 15) is 13.2 Å². The van der Waals surface area contributed by atoms with Crippen LogP contribution in [0.4, 0.5) is 19.0 Å². The van der Waals surface area contributed by atoms with Crippen LogP contribution in [0, 0.1) is 0 Å². The van der Waals surface area contributed by atoms with E-state index >= 15 is 0 Å². The molecule has 2 aromatic heterocycles. The summed E-state index contributed by atoms with van der Waals surface area (Å²) in [6.45, 7) is 2.63. The molecule has 8 nitrogen and oxygen atoms in total. The van der Waals surface area contributed by atoms with Gasteiger partial charge in [-0.05, 0) is 18.9 Å². The molecule has 0 bridgehead atoms. The summed E-state index contributed by atoms with van der Waals surface area (Å²) < 4.78 is 40.6. The fraction of sp³-hybridized carbons (Fsp3) is 0.556. The van der Waals surface area contributed by atoms with E-state index in [1.807, 2.05) is 4.90 Å². The summed E-state index contributed by atoms with van der Waals surface area (Å²) in [5.41, 5.74) is -0.852. The molecule has 1 fully saturated rings. The SMILES string of the molecule is CN=C(NCc1nnc2n1CCC2)NC1CCN(c2ncc(C(F)(F)F)cc2Cl)C1.I. The molecule has 4 heterocycles. The maximum Gasteiger partial charge on any atom is 0.417 e. The summed E-state index contributed by atoms with van der Waals surface area (Å²) in [6.07, 6.45) is -0.825. The molecule has 0 saturated carbocycles. The van der Waals surface area contributed by atoms with Crippen LogP contribution in [-0.2, 0) is 25.7 Å². The van der Waals surface area contributed by atoms with E-state index in [-0.39, 0.29) is 35.0 Å². The van der Waals surface area contributed by atoms with Crippen molar-refractivity contribution in [1.29, 1.82) is 0 Å². The van der Waals surface area contributed by atoms with Gasteiger partial charge in [0.15, 0.2) is 11.8 Å². The van der Waals surface area contributed by atoms with Gasteiger partial charge in [0.2, 0.25) is 0 Å². The number of nitrogens with one attached hydrogen (secondary N) is 2. The number of hydrogen-bond donors (Lipinski definition) is 2. The predicted octanol–water partition coefficient (Wildman–Crippen LogP) is 2.85. The predicted molar refractivity (Wildman–Crippen MR) is 122 cm³/mol. The third-order valence-electron chi connectivity index (χ3n) is 5.30. The first-order chi connectivity index (χ1) is 14.3. The van der Waals surface area contributed by atoms with Crippen molar-refractivity contribution < 1.29 is 13.2 Å². The lowest BCUT2D eigenvalue weighted by atomic mass is 10.2. The molecule has 2 aliphatic heterocycles. The van der Waals surface area contributed by atoms with Crippen LogP contribution < -0.4 is 15.5 Å². The molecule has 1 saturated heterocycles. The van der Waals surface area contributed by atoms with Crippen LogP contribution in [0.2, 0.25) is 5.02 Å². The number of rotatable bonds is 4. The Morgan fingerprint density at radius 3 is 2.84 bits per heavy atom. The Morgan fingerprint density at radius 1 is 1.32 bits per heavy atom. The second-order valence-corrected chi connectivity index (χ2v) is 7.72. The summed E-state index contributed by atoms with van der Waals surface area (Å²) in [6, 6.07) is 0.975. The quantitative estimate of drug-likeness (QED) is 0.334. The summed E-state index contributed by atoms with van der Waals surface area (Å²) in [7, 11) is 1.69. The van der Waals surface area contributed by atoms with E-state index in [0.717, 1.165) is 49.7 Å². The minimum Gasteiger partial charge on any atom is -0.353 e. The molecular formula is C18H23ClF3IN8. The Kier molecular flexibility index (Phi) is 7.50. The van der Waals surface area contributed by atoms with Gasteiger partial charge in [0.05, 0.1) is 17.1 Å². The largest absolute Gasteiger partial charge is 0.417 e. The zero-order valence-corrected chi connectivity index (χ0v) is 19.9. The second-order valence-electron chi connectivity index (χ2n) is 7.32. The average molecular weight is 571 g/mol. The number of aromatic nitrogens is 4. The Labute approximate surface area is 199 Å². The smallest absolute Gasteiger partial charge is 0.353 e. The van der Waals surface area contributed by atoms with Crippen LogP contribution in [0.1, 0.15) is 30.1 Å². The maximum atomic E-state index is 12.8. The van der Waals surface area contributed by atoms with Crippen LogP contribution in [0.25, 0.3) is 0 Å². The first kappa shape index (κ1) is 23.8. The fourth-order valence-electron chi connectivity index (χ4n) is 3.78. The summed E-state index contributed by atoms with van der Waals surface area (Å²) in [5, 5.41) is 15.0. The third kappa shape index (κ3) is 5.33. The van der Waals surface area contributed by atoms with Gasteiger partial charge in [0.1, 0.15) is 11.6 Å². The lowest BCUT2D eigenvalue weighted by Crippen LogP contribution is -2.44. The number of nitrogens with zero attached hydrogens (tertiary/aromatic N) is 6. The molecule has 170 valence electrons. The Hall–Kier alpha value is -1.83. The first-order valence-electron chi connectivity index (χ1n) is 9.71. The minimum atomic E-state index is -4.47. The maximum absolute atomic E-state index is 12.8. The monoisotopic (exact) mass is 570 g/mol. The molecule has 2 N–H and O–H groups in total. The number of aliphatic imine (C=N–C) groups is 1. The van der Waals surface area contributed by atoms with Crippen LogP contribution in [0.5, 0.6) is 0 Å². The van der Waals surface area contributed by atoms with Crippen molar-refractivity contribution in [2.45, 2.75) is 44.6 Å². The molecule has 0 amide bonds. The van der Waals surface area contributed by atoms with E-state index in [0.29, 0.717) is 31.4 Å². The average Bonchev–Trinajstić information content (AvgIpc) is 3.42. The molecule has 1 atom stereocenters. The lowest BCUT2D eigenvalue weighted by Gasteiger charge is -2.21. The molecule has 31 heavy (non-hydrogen) atoms. The van der Waals surface area contributed by atoms with Crippen LogP contribution in [0.3, 0.4) is 0 Å². The van der Waals surface area contributed by atoms with Crippen molar-refractivity contribution in [1.82, 2.24) is 30.4 Å². The van der Waals surface area contributed by atoms with E-state index < -0.39 is 11.7 Å². The molecule has 1 unspecified atom stereocenters. The van der Waals surface area contributed by atoms with Crippen molar-refractivity contribution in [3.05, 3.63) is 34.5 Å². The number of fused-ring (bicyclic) bond motifs is 1. The van der Waals surface area contributed by atoms with Gasteiger partial charge >= 0.3 is 6.18 Å². The van der Waals surface area contributed by atoms with Gasteiger partial charge in [-0.1, -0.05) is 11.6 Å². The van der Waals surface area contributed by atoms with Gasteiger partial charge in [0, 0.05) is 45.3 Å². The standard InChI is InChI=1S/C18H22ClF3N8.HI/c1-23-17(25-9-15-28-27-14-3-2-5-30(14)15)26-12-4-6-29(10-12)16-13(19)7-11(8-24-16)18(20,21)22;/h7-8,12H,2-6,9-10H2,1H3,(H2,23,25,26);1H. The van der Waals surface area contributed by atoms with Crippen molar-refractivity contribution in [2.75, 3.05) is 25.0 Å². The molecule has 2 aliphatic rings. The second kappa shape index (κ2) is 9.76. The van der Waals surface area contributed by atoms with Crippen molar-refractivity contribution >= 4 is 47.4 Å². The number of aryl methyl sites for hydroxylation is 1. The summed E-state index contributed by atoms with van der Waals surface area (Å²) in [5.74, 6) is 2.88. The Bertz CT molecular complexity index is 948. The van der Waals surface area contributed by atoms with Crippen LogP contribution >= 0.6 is 35.6 Å². The number of alkyl halides is 3. The number of halogens is 5. The van der Waals surface area contributed by atoms with E-state index in [1.165, 1.54) is 0 Å². The van der Waals surface area contributed by atoms with Gasteiger partial charge in [-0.15, -0.1) is 34.2 Å². The molecule has 0 aromatic carbocycles. The molecule has 0 spiro atoms. The number of pyridine rings is 1. The first-order valence-corrected chi connectivity index (χ1v) is 10.1. The molecule has 0 aliphatic carbocycles. The Morgan fingerprint density at radius 2 is 2.13 bits per heavy atom. The minimum absolute atomic E-state index is 0. The van der Waals surface area contributed by atoms with Crippen LogP contribution in [0.15, 0.2) is 17.3 Å². The van der Waals surface area contributed by atoms with Crippen molar-refractivity contribution in [3.8, 4) is 0 Å². The normalized spacial score (nSPS) is 18.7. The van der Waals surface area contributed by atoms with Crippen LogP contribution in [-0.4, -0.2) is 51.9 Å². The van der Waals surface area contributed by atoms with Gasteiger partial charge < -0.3 is 20.1 Å². The zero-order valence-electron chi connectivity index (χ0n) is 16.8. The van der Waals surface area contributed by atoms with Gasteiger partial charge in [-0.2, -0.15) is 13.2 Å². The zero-order chi connectivity index (χ0) is 21.3. The van der Waals surface area contributed by atoms with Gasteiger partial charge in [-0.3, -0.25) is 4.99 Å². The third-order valence-corrected chi connectivity index (χ3v) is 5.58. The molecule has 13 heteroatoms. The molecule has 4 rings (SSSR count). The highest BCUT2D eigenvalue weighted by atomic mass is 127. The molecule has 2 aromatic rings. The Balaban J connectivity index is 0.00000272. The summed E-state index contributed by atoms with van der Waals surface area (Å²) in [4.78, 5) is 10.1. The van der Waals surface area contributed by atoms with Gasteiger partial charge in [0.25, 0.3) is 0 Å². The van der Waals surface area contributed by atoms with E-state index in [1.54, 1.807) is 7.05 Å². The highest BCUT2D eigenvalue weighted by Crippen LogP contribution is 2.34. The van der Waals surface area contributed by atoms with E-state index in [4.69, 9.17) is 11.6 Å². The highest BCUT2D eigenvalue weighted by Gasteiger charge is 2.33. The number of hydrogen-bond acceptors (Lipinski definition) is 5. The van der Waals surface area contributed by atoms with Crippen molar-refractivity contribution in [2.24, 2.45) is 4.99 Å². The summed E-state index contributed by atoms with van der Waals surface area (Å²) >= 11 is 6.07. The molecule has 0 radical (unpaired) electrons. The number of anilines is 1. The lowest BCUT2D eigenvalue weighted by molar-refractivity contribution is -0.137. The highest BCUT2D eigenvalue weighted by molar-refractivity contribution is 14.0. The van der Waals surface area contributed by atoms with Crippen molar-refractivity contribution in [3.63, 3.8) is 0 Å². The topological polar surface area (TPSA) is 83.3 Å². The van der Waals surface area contributed by atoms with Gasteiger partial charge in [-0.25, -0.2) is 4.98 Å². The fourth-order valence-corrected chi connectivity index (χ4v) is 4.07.